The molecule has 2 aliphatic heterocycles. The highest BCUT2D eigenvalue weighted by Crippen LogP contribution is 2.19. The second-order valence-corrected chi connectivity index (χ2v) is 4.60. The molecular weight excluding hydrogens is 230 g/mol. The van der Waals surface area contributed by atoms with Crippen molar-refractivity contribution in [3.63, 3.8) is 0 Å². The second kappa shape index (κ2) is 5.84. The fourth-order valence-electron chi connectivity index (χ4n) is 2.22. The zero-order chi connectivity index (χ0) is 11.4. The Morgan fingerprint density at radius 1 is 1.31 bits per heavy atom. The number of likely N-dealkylation sites (tertiary alicyclic amines) is 1. The molecule has 0 radical (unpaired) electrons. The van der Waals surface area contributed by atoms with Gasteiger partial charge in [-0.25, -0.2) is 0 Å². The Labute approximate surface area is 101 Å². The fourth-order valence-corrected chi connectivity index (χ4v) is 2.39. The van der Waals surface area contributed by atoms with Gasteiger partial charge in [-0.15, -0.1) is 11.6 Å². The summed E-state index contributed by atoms with van der Waals surface area (Å²) in [6.45, 7) is 3.07. The minimum absolute atomic E-state index is 0.0318. The largest absolute Gasteiger partial charge is 0.379 e. The van der Waals surface area contributed by atoms with Crippen LogP contribution in [-0.2, 0) is 14.3 Å². The van der Waals surface area contributed by atoms with Gasteiger partial charge in [-0.2, -0.15) is 0 Å². The van der Waals surface area contributed by atoms with E-state index in [9.17, 15) is 4.79 Å². The summed E-state index contributed by atoms with van der Waals surface area (Å²) in [5.74, 6) is 0.117. The van der Waals surface area contributed by atoms with E-state index >= 15 is 0 Å². The number of halogens is 1. The lowest BCUT2D eigenvalue weighted by atomic mass is 10.1. The van der Waals surface area contributed by atoms with Gasteiger partial charge in [0.25, 0.3) is 0 Å². The lowest BCUT2D eigenvalue weighted by Crippen LogP contribution is -2.42. The van der Waals surface area contributed by atoms with Crippen LogP contribution in [0.5, 0.6) is 0 Å². The van der Waals surface area contributed by atoms with Crippen LogP contribution in [0.3, 0.4) is 0 Å². The van der Waals surface area contributed by atoms with E-state index in [-0.39, 0.29) is 24.0 Å². The van der Waals surface area contributed by atoms with Gasteiger partial charge in [-0.05, 0) is 19.3 Å². The molecule has 2 aliphatic rings. The number of nitrogens with zero attached hydrogens (tertiary/aromatic N) is 1. The van der Waals surface area contributed by atoms with Gasteiger partial charge in [0.05, 0.1) is 18.8 Å². The highest BCUT2D eigenvalue weighted by atomic mass is 35.5. The second-order valence-electron chi connectivity index (χ2n) is 4.34. The first kappa shape index (κ1) is 12.1. The molecule has 0 N–H and O–H groups in total. The van der Waals surface area contributed by atoms with Crippen molar-refractivity contribution in [1.82, 2.24) is 4.90 Å². The van der Waals surface area contributed by atoms with Crippen LogP contribution in [0.1, 0.15) is 19.3 Å². The Bertz CT molecular complexity index is 235. The van der Waals surface area contributed by atoms with E-state index in [4.69, 9.17) is 21.1 Å². The average molecular weight is 248 g/mol. The van der Waals surface area contributed by atoms with Gasteiger partial charge in [0.15, 0.2) is 0 Å². The highest BCUT2D eigenvalue weighted by molar-refractivity contribution is 6.27. The van der Waals surface area contributed by atoms with E-state index in [0.29, 0.717) is 0 Å². The molecule has 16 heavy (non-hydrogen) atoms. The van der Waals surface area contributed by atoms with Crippen molar-refractivity contribution in [2.24, 2.45) is 0 Å². The predicted molar refractivity (Wildman–Crippen MR) is 60.6 cm³/mol. The van der Waals surface area contributed by atoms with Gasteiger partial charge >= 0.3 is 0 Å². The third kappa shape index (κ3) is 3.09. The van der Waals surface area contributed by atoms with Gasteiger partial charge in [0, 0.05) is 19.7 Å². The number of hydrogen-bond donors (Lipinski definition) is 0. The molecule has 0 aromatic rings. The third-order valence-corrected chi connectivity index (χ3v) is 3.41. The molecule has 1 atom stereocenters. The van der Waals surface area contributed by atoms with Gasteiger partial charge in [0.1, 0.15) is 5.88 Å². The average Bonchev–Trinajstić information content (AvgIpc) is 2.82. The van der Waals surface area contributed by atoms with Crippen molar-refractivity contribution in [2.75, 3.05) is 32.2 Å². The van der Waals surface area contributed by atoms with Crippen molar-refractivity contribution in [3.8, 4) is 0 Å². The van der Waals surface area contributed by atoms with Crippen molar-refractivity contribution < 1.29 is 14.3 Å². The summed E-state index contributed by atoms with van der Waals surface area (Å²) in [6, 6.07) is 0. The standard InChI is InChI=1S/C11H18ClNO3/c12-7-11(14)13-4-1-9(2-5-13)16-10-3-6-15-8-10/h9-10H,1-8H2. The smallest absolute Gasteiger partial charge is 0.237 e. The Hall–Kier alpha value is -0.320. The SMILES string of the molecule is O=C(CCl)N1CCC(OC2CCOC2)CC1. The molecule has 0 spiro atoms. The van der Waals surface area contributed by atoms with Crippen LogP contribution in [-0.4, -0.2) is 55.2 Å². The summed E-state index contributed by atoms with van der Waals surface area (Å²) >= 11 is 5.52. The van der Waals surface area contributed by atoms with E-state index in [1.165, 1.54) is 0 Å². The van der Waals surface area contributed by atoms with Crippen molar-refractivity contribution in [1.29, 1.82) is 0 Å². The van der Waals surface area contributed by atoms with Gasteiger partial charge in [0.2, 0.25) is 5.91 Å². The molecule has 0 aromatic heterocycles. The Morgan fingerprint density at radius 3 is 2.62 bits per heavy atom. The van der Waals surface area contributed by atoms with E-state index < -0.39 is 0 Å². The Kier molecular flexibility index (Phi) is 4.44. The summed E-state index contributed by atoms with van der Waals surface area (Å²) in [4.78, 5) is 13.2. The van der Waals surface area contributed by atoms with Crippen molar-refractivity contribution in [3.05, 3.63) is 0 Å². The number of carbonyl (C=O) groups is 1. The molecule has 2 saturated heterocycles. The maximum atomic E-state index is 11.4. The summed E-state index contributed by atoms with van der Waals surface area (Å²) in [6.07, 6.45) is 3.38. The molecule has 2 fully saturated rings. The maximum absolute atomic E-state index is 11.4. The maximum Gasteiger partial charge on any atom is 0.237 e. The first-order valence-corrected chi connectivity index (χ1v) is 6.40. The minimum Gasteiger partial charge on any atom is -0.379 e. The minimum atomic E-state index is 0.0318. The molecular formula is C11H18ClNO3. The molecule has 0 aromatic carbocycles. The molecule has 0 aliphatic carbocycles. The Balaban J connectivity index is 1.70. The van der Waals surface area contributed by atoms with Crippen LogP contribution in [0.15, 0.2) is 0 Å². The number of alkyl halides is 1. The fraction of sp³-hybridized carbons (Fsp3) is 0.909. The predicted octanol–water partition coefficient (Wildman–Crippen LogP) is 1.02. The number of hydrogen-bond acceptors (Lipinski definition) is 3. The van der Waals surface area contributed by atoms with Crippen molar-refractivity contribution in [2.45, 2.75) is 31.5 Å². The summed E-state index contributed by atoms with van der Waals surface area (Å²) in [5.41, 5.74) is 0. The first-order valence-electron chi connectivity index (χ1n) is 5.86. The topological polar surface area (TPSA) is 38.8 Å². The van der Waals surface area contributed by atoms with Crippen LogP contribution >= 0.6 is 11.6 Å². The molecule has 0 saturated carbocycles. The Morgan fingerprint density at radius 2 is 2.06 bits per heavy atom. The summed E-state index contributed by atoms with van der Waals surface area (Å²) < 4.78 is 11.2. The highest BCUT2D eigenvalue weighted by Gasteiger charge is 2.26. The van der Waals surface area contributed by atoms with E-state index in [0.717, 1.165) is 45.6 Å². The third-order valence-electron chi connectivity index (χ3n) is 3.18. The van der Waals surface area contributed by atoms with Crippen LogP contribution in [0, 0.1) is 0 Å². The lowest BCUT2D eigenvalue weighted by Gasteiger charge is -2.32. The van der Waals surface area contributed by atoms with E-state index in [1.807, 2.05) is 4.90 Å². The molecule has 4 nitrogen and oxygen atoms in total. The molecule has 1 unspecified atom stereocenters. The summed E-state index contributed by atoms with van der Waals surface area (Å²) in [5, 5.41) is 0. The molecule has 2 rings (SSSR count). The number of amides is 1. The van der Waals surface area contributed by atoms with Gasteiger partial charge < -0.3 is 14.4 Å². The molecule has 1 amide bonds. The number of piperidine rings is 1. The zero-order valence-electron chi connectivity index (χ0n) is 9.36. The van der Waals surface area contributed by atoms with Gasteiger partial charge in [-0.3, -0.25) is 4.79 Å². The summed E-state index contributed by atoms with van der Waals surface area (Å²) in [7, 11) is 0. The van der Waals surface area contributed by atoms with Crippen LogP contribution < -0.4 is 0 Å². The quantitative estimate of drug-likeness (QED) is 0.699. The van der Waals surface area contributed by atoms with Crippen LogP contribution in [0.2, 0.25) is 0 Å². The van der Waals surface area contributed by atoms with Crippen molar-refractivity contribution >= 4 is 17.5 Å². The van der Waals surface area contributed by atoms with Crippen LogP contribution in [0.25, 0.3) is 0 Å². The monoisotopic (exact) mass is 247 g/mol. The zero-order valence-corrected chi connectivity index (χ0v) is 10.1. The lowest BCUT2D eigenvalue weighted by molar-refractivity contribution is -0.131. The number of carbonyl (C=O) groups excluding carboxylic acids is 1. The van der Waals surface area contributed by atoms with E-state index in [2.05, 4.69) is 0 Å². The molecule has 92 valence electrons. The molecule has 5 heteroatoms. The van der Waals surface area contributed by atoms with Gasteiger partial charge in [-0.1, -0.05) is 0 Å². The number of ether oxygens (including phenoxy) is 2. The van der Waals surface area contributed by atoms with Crippen LogP contribution in [0.4, 0.5) is 0 Å². The number of rotatable bonds is 3. The molecule has 0 bridgehead atoms. The van der Waals surface area contributed by atoms with E-state index in [1.54, 1.807) is 0 Å². The normalized spacial score (nSPS) is 27.3. The molecule has 2 heterocycles. The first-order chi connectivity index (χ1) is 7.79.